The fraction of sp³-hybridized carbons (Fsp3) is 0.333. The summed E-state index contributed by atoms with van der Waals surface area (Å²) in [6, 6.07) is 17.3. The normalized spacial score (nSPS) is 17.7. The van der Waals surface area contributed by atoms with E-state index < -0.39 is 0 Å². The highest BCUT2D eigenvalue weighted by Crippen LogP contribution is 2.26. The number of hydrogen-bond acceptors (Lipinski definition) is 3. The molecule has 3 aromatic rings. The fourth-order valence-corrected chi connectivity index (χ4v) is 3.78. The third-order valence-corrected chi connectivity index (χ3v) is 5.20. The van der Waals surface area contributed by atoms with E-state index >= 15 is 0 Å². The van der Waals surface area contributed by atoms with Crippen LogP contribution in [0.2, 0.25) is 0 Å². The summed E-state index contributed by atoms with van der Waals surface area (Å²) < 4.78 is 15.8. The Labute approximate surface area is 153 Å². The van der Waals surface area contributed by atoms with Crippen LogP contribution in [0.15, 0.2) is 54.6 Å². The number of nitrogens with zero attached hydrogens (tertiary/aromatic N) is 4. The number of rotatable bonds is 5. The molecule has 0 bridgehead atoms. The molecule has 1 aliphatic heterocycles. The van der Waals surface area contributed by atoms with Crippen molar-refractivity contribution in [2.45, 2.75) is 19.4 Å². The van der Waals surface area contributed by atoms with E-state index in [1.165, 1.54) is 0 Å². The van der Waals surface area contributed by atoms with E-state index in [9.17, 15) is 4.39 Å². The molecule has 134 valence electrons. The molecule has 5 heteroatoms. The van der Waals surface area contributed by atoms with E-state index in [0.717, 1.165) is 55.0 Å². The van der Waals surface area contributed by atoms with Gasteiger partial charge in [-0.3, -0.25) is 9.58 Å². The van der Waals surface area contributed by atoms with Crippen LogP contribution in [0.3, 0.4) is 0 Å². The molecule has 2 aromatic carbocycles. The Kier molecular flexibility index (Phi) is 4.80. The van der Waals surface area contributed by atoms with Crippen LogP contribution in [0.4, 0.5) is 4.39 Å². The van der Waals surface area contributed by atoms with E-state index in [1.54, 1.807) is 12.1 Å². The lowest BCUT2D eigenvalue weighted by molar-refractivity contribution is 0.307. The Hall–Kier alpha value is -2.53. The lowest BCUT2D eigenvalue weighted by Gasteiger charge is -2.17. The van der Waals surface area contributed by atoms with Gasteiger partial charge < -0.3 is 0 Å². The quantitative estimate of drug-likeness (QED) is 0.704. The Morgan fingerprint density at radius 2 is 1.85 bits per heavy atom. The maximum atomic E-state index is 13.9. The molecule has 1 fully saturated rings. The molecule has 1 atom stereocenters. The van der Waals surface area contributed by atoms with Crippen molar-refractivity contribution in [2.75, 3.05) is 13.1 Å². The summed E-state index contributed by atoms with van der Waals surface area (Å²) in [6.07, 6.45) is 1.90. The zero-order valence-corrected chi connectivity index (χ0v) is 15.0. The second-order valence-electron chi connectivity index (χ2n) is 7.06. The van der Waals surface area contributed by atoms with Crippen LogP contribution in [0.5, 0.6) is 0 Å². The second kappa shape index (κ2) is 7.38. The minimum atomic E-state index is -0.0897. The second-order valence-corrected chi connectivity index (χ2v) is 7.06. The van der Waals surface area contributed by atoms with Gasteiger partial charge in [0.25, 0.3) is 0 Å². The van der Waals surface area contributed by atoms with Gasteiger partial charge in [0.1, 0.15) is 11.5 Å². The molecule has 0 spiro atoms. The number of likely N-dealkylation sites (tertiary alicyclic amines) is 1. The van der Waals surface area contributed by atoms with Gasteiger partial charge in [0.2, 0.25) is 0 Å². The smallest absolute Gasteiger partial charge is 0.126 e. The van der Waals surface area contributed by atoms with Crippen molar-refractivity contribution in [1.29, 1.82) is 0 Å². The molecule has 0 saturated carbocycles. The first-order valence-corrected chi connectivity index (χ1v) is 9.10. The Bertz CT molecular complexity index is 875. The zero-order valence-electron chi connectivity index (χ0n) is 15.0. The molecule has 1 aromatic heterocycles. The van der Waals surface area contributed by atoms with Crippen molar-refractivity contribution >= 4 is 0 Å². The number of benzene rings is 2. The monoisotopic (exact) mass is 350 g/mol. The van der Waals surface area contributed by atoms with Crippen molar-refractivity contribution in [3.63, 3.8) is 0 Å². The Balaban J connectivity index is 1.45. The Morgan fingerprint density at radius 1 is 1.08 bits per heavy atom. The molecule has 4 nitrogen and oxygen atoms in total. The molecular formula is C21H23FN4. The summed E-state index contributed by atoms with van der Waals surface area (Å²) in [5.74, 6) is 0.404. The summed E-state index contributed by atoms with van der Waals surface area (Å²) in [7, 11) is 1.95. The average Bonchev–Trinajstić information content (AvgIpc) is 3.25. The SMILES string of the molecule is Cn1nnc(-c2ccccc2)c1CN1CCC(Cc2ccccc2F)C1. The van der Waals surface area contributed by atoms with Crippen molar-refractivity contribution in [3.8, 4) is 11.3 Å². The van der Waals surface area contributed by atoms with Gasteiger partial charge in [0, 0.05) is 25.7 Å². The average molecular weight is 350 g/mol. The standard InChI is InChI=1S/C21H23FN4/c1-25-20(21(23-24-25)17-7-3-2-4-8-17)15-26-12-11-16(14-26)13-18-9-5-6-10-19(18)22/h2-10,16H,11-15H2,1H3. The van der Waals surface area contributed by atoms with Gasteiger partial charge in [0.15, 0.2) is 0 Å². The Morgan fingerprint density at radius 3 is 2.65 bits per heavy atom. The number of halogens is 1. The highest BCUT2D eigenvalue weighted by Gasteiger charge is 2.25. The highest BCUT2D eigenvalue weighted by molar-refractivity contribution is 5.61. The van der Waals surface area contributed by atoms with Crippen LogP contribution in [0, 0.1) is 11.7 Å². The molecule has 4 rings (SSSR count). The van der Waals surface area contributed by atoms with Gasteiger partial charge in [-0.1, -0.05) is 53.7 Å². The largest absolute Gasteiger partial charge is 0.297 e. The van der Waals surface area contributed by atoms with E-state index in [4.69, 9.17) is 0 Å². The van der Waals surface area contributed by atoms with E-state index in [2.05, 4.69) is 27.3 Å². The maximum Gasteiger partial charge on any atom is 0.126 e. The van der Waals surface area contributed by atoms with Crippen LogP contribution in [-0.2, 0) is 20.0 Å². The topological polar surface area (TPSA) is 34.0 Å². The molecule has 0 radical (unpaired) electrons. The number of aromatic nitrogens is 3. The van der Waals surface area contributed by atoms with Crippen molar-refractivity contribution in [2.24, 2.45) is 13.0 Å². The maximum absolute atomic E-state index is 13.9. The first-order chi connectivity index (χ1) is 12.7. The van der Waals surface area contributed by atoms with Crippen LogP contribution < -0.4 is 0 Å². The van der Waals surface area contributed by atoms with Crippen molar-refractivity contribution < 1.29 is 4.39 Å². The first kappa shape index (κ1) is 16.9. The van der Waals surface area contributed by atoms with E-state index in [0.29, 0.717) is 5.92 Å². The van der Waals surface area contributed by atoms with Crippen LogP contribution in [0.25, 0.3) is 11.3 Å². The number of hydrogen-bond donors (Lipinski definition) is 0. The predicted molar refractivity (Wildman–Crippen MR) is 99.9 cm³/mol. The zero-order chi connectivity index (χ0) is 17.9. The third-order valence-electron chi connectivity index (χ3n) is 5.20. The highest BCUT2D eigenvalue weighted by atomic mass is 19.1. The summed E-state index contributed by atoms with van der Waals surface area (Å²) in [5.41, 5.74) is 4.00. The lowest BCUT2D eigenvalue weighted by Crippen LogP contribution is -2.22. The minimum absolute atomic E-state index is 0.0897. The molecule has 0 amide bonds. The van der Waals surface area contributed by atoms with E-state index in [1.807, 2.05) is 42.1 Å². The van der Waals surface area contributed by atoms with Crippen LogP contribution in [-0.4, -0.2) is 33.0 Å². The van der Waals surface area contributed by atoms with E-state index in [-0.39, 0.29) is 5.82 Å². The van der Waals surface area contributed by atoms with Crippen LogP contribution in [0.1, 0.15) is 17.7 Å². The lowest BCUT2D eigenvalue weighted by atomic mass is 9.98. The minimum Gasteiger partial charge on any atom is -0.297 e. The summed E-state index contributed by atoms with van der Waals surface area (Å²) in [6.45, 7) is 2.83. The summed E-state index contributed by atoms with van der Waals surface area (Å²) in [4.78, 5) is 2.43. The van der Waals surface area contributed by atoms with Gasteiger partial charge >= 0.3 is 0 Å². The third kappa shape index (κ3) is 3.53. The first-order valence-electron chi connectivity index (χ1n) is 9.10. The van der Waals surface area contributed by atoms with Gasteiger partial charge in [0.05, 0.1) is 5.69 Å². The fourth-order valence-electron chi connectivity index (χ4n) is 3.78. The van der Waals surface area contributed by atoms with Gasteiger partial charge in [-0.05, 0) is 36.9 Å². The van der Waals surface area contributed by atoms with Crippen molar-refractivity contribution in [1.82, 2.24) is 19.9 Å². The molecule has 1 unspecified atom stereocenters. The molecule has 1 saturated heterocycles. The molecule has 1 aliphatic rings. The van der Waals surface area contributed by atoms with Gasteiger partial charge in [-0.2, -0.15) is 0 Å². The molecule has 0 aliphatic carbocycles. The predicted octanol–water partition coefficient (Wildman–Crippen LogP) is 3.69. The van der Waals surface area contributed by atoms with Crippen LogP contribution >= 0.6 is 0 Å². The van der Waals surface area contributed by atoms with Crippen molar-refractivity contribution in [3.05, 3.63) is 71.7 Å². The molecule has 2 heterocycles. The molecular weight excluding hydrogens is 327 g/mol. The summed E-state index contributed by atoms with van der Waals surface area (Å²) >= 11 is 0. The van der Waals surface area contributed by atoms with Gasteiger partial charge in [-0.25, -0.2) is 4.39 Å². The van der Waals surface area contributed by atoms with Gasteiger partial charge in [-0.15, -0.1) is 5.10 Å². The number of aryl methyl sites for hydroxylation is 1. The summed E-state index contributed by atoms with van der Waals surface area (Å²) in [5, 5.41) is 8.59. The molecule has 0 N–H and O–H groups in total. The molecule has 26 heavy (non-hydrogen) atoms.